The number of aliphatic hydroxyl groups is 1. The number of benzene rings is 1. The number of aromatic nitrogens is 1. The molecule has 1 fully saturated rings. The van der Waals surface area contributed by atoms with Gasteiger partial charge in [0.05, 0.1) is 11.5 Å². The highest BCUT2D eigenvalue weighted by atomic mass is 35.5. The fourth-order valence-electron chi connectivity index (χ4n) is 2.65. The van der Waals surface area contributed by atoms with Gasteiger partial charge in [0, 0.05) is 39.3 Å². The molecule has 0 bridgehead atoms. The Hall–Kier alpha value is -1.74. The van der Waals surface area contributed by atoms with Crippen LogP contribution in [0.5, 0.6) is 0 Å². The zero-order valence-corrected chi connectivity index (χ0v) is 13.8. The van der Waals surface area contributed by atoms with Crippen LogP contribution in [0.25, 0.3) is 11.0 Å². The summed E-state index contributed by atoms with van der Waals surface area (Å²) in [5.41, 5.74) is 0.255. The lowest BCUT2D eigenvalue weighted by Crippen LogP contribution is -2.47. The third kappa shape index (κ3) is 4.64. The third-order valence-corrected chi connectivity index (χ3v) is 3.78. The van der Waals surface area contributed by atoms with Crippen LogP contribution in [0.1, 0.15) is 0 Å². The Labute approximate surface area is 144 Å². The molecule has 9 heteroatoms. The van der Waals surface area contributed by atoms with Crippen molar-refractivity contribution in [1.29, 1.82) is 0 Å². The number of fused-ring (bicyclic) bond motifs is 1. The fraction of sp³-hybridized carbons (Fsp3) is 0.467. The van der Waals surface area contributed by atoms with E-state index in [1.807, 2.05) is 0 Å². The van der Waals surface area contributed by atoms with Crippen molar-refractivity contribution in [3.05, 3.63) is 34.6 Å². The zero-order chi connectivity index (χ0) is 16.2. The van der Waals surface area contributed by atoms with Gasteiger partial charge in [-0.25, -0.2) is 9.18 Å². The van der Waals surface area contributed by atoms with Crippen LogP contribution in [-0.4, -0.2) is 60.4 Å². The molecule has 24 heavy (non-hydrogen) atoms. The van der Waals surface area contributed by atoms with Crippen LogP contribution in [0.3, 0.4) is 0 Å². The van der Waals surface area contributed by atoms with Crippen molar-refractivity contribution in [3.63, 3.8) is 0 Å². The van der Waals surface area contributed by atoms with Gasteiger partial charge in [-0.1, -0.05) is 0 Å². The van der Waals surface area contributed by atoms with E-state index in [1.54, 1.807) is 0 Å². The molecule has 2 heterocycles. The van der Waals surface area contributed by atoms with Gasteiger partial charge in [0.15, 0.2) is 0 Å². The normalized spacial score (nSPS) is 16.6. The molecule has 3 N–H and O–H groups in total. The Morgan fingerprint density at radius 2 is 2.17 bits per heavy atom. The van der Waals surface area contributed by atoms with E-state index in [0.29, 0.717) is 11.9 Å². The molecule has 0 spiro atoms. The van der Waals surface area contributed by atoms with E-state index >= 15 is 0 Å². The molecule has 1 aliphatic rings. The lowest BCUT2D eigenvalue weighted by Gasteiger charge is -2.29. The highest BCUT2D eigenvalue weighted by Gasteiger charge is 2.15. The summed E-state index contributed by atoms with van der Waals surface area (Å²) in [7, 11) is 0. The third-order valence-electron chi connectivity index (χ3n) is 3.78. The first-order chi connectivity index (χ1) is 11.1. The first kappa shape index (κ1) is 18.6. The monoisotopic (exact) mass is 358 g/mol. The Kier molecular flexibility index (Phi) is 6.50. The molecule has 1 aromatic carbocycles. The predicted molar refractivity (Wildman–Crippen MR) is 91.3 cm³/mol. The molecule has 0 aliphatic carbocycles. The van der Waals surface area contributed by atoms with Gasteiger partial charge in [0.25, 0.3) is 0 Å². The minimum Gasteiger partial charge on any atom is -0.408 e. The SMILES string of the molecule is Cl.O=c1nc(NCC(O)CN2CCNCC2)c2cc(F)ccc2o1. The number of anilines is 1. The van der Waals surface area contributed by atoms with Crippen LogP contribution in [-0.2, 0) is 0 Å². The second-order valence-electron chi connectivity index (χ2n) is 5.55. The van der Waals surface area contributed by atoms with E-state index in [2.05, 4.69) is 20.5 Å². The molecule has 1 atom stereocenters. The average Bonchev–Trinajstić information content (AvgIpc) is 2.54. The van der Waals surface area contributed by atoms with Crippen molar-refractivity contribution in [2.24, 2.45) is 0 Å². The van der Waals surface area contributed by atoms with E-state index in [9.17, 15) is 14.3 Å². The van der Waals surface area contributed by atoms with Gasteiger partial charge in [-0.2, -0.15) is 4.98 Å². The molecular formula is C15H20ClFN4O3. The zero-order valence-electron chi connectivity index (χ0n) is 13.0. The number of piperazine rings is 1. The van der Waals surface area contributed by atoms with Gasteiger partial charge < -0.3 is 20.2 Å². The molecule has 7 nitrogen and oxygen atoms in total. The maximum Gasteiger partial charge on any atom is 0.441 e. The first-order valence-corrected chi connectivity index (χ1v) is 7.57. The lowest BCUT2D eigenvalue weighted by molar-refractivity contribution is 0.114. The predicted octanol–water partition coefficient (Wildman–Crippen LogP) is 0.427. The summed E-state index contributed by atoms with van der Waals surface area (Å²) in [4.78, 5) is 17.3. The Morgan fingerprint density at radius 1 is 1.42 bits per heavy atom. The Bertz CT molecular complexity index is 736. The summed E-state index contributed by atoms with van der Waals surface area (Å²) in [6.07, 6.45) is -0.620. The molecule has 2 aromatic rings. The van der Waals surface area contributed by atoms with Crippen molar-refractivity contribution in [1.82, 2.24) is 15.2 Å². The highest BCUT2D eigenvalue weighted by Crippen LogP contribution is 2.20. The second-order valence-corrected chi connectivity index (χ2v) is 5.55. The average molecular weight is 359 g/mol. The summed E-state index contributed by atoms with van der Waals surface area (Å²) < 4.78 is 18.3. The standard InChI is InChI=1S/C15H19FN4O3.ClH/c16-10-1-2-13-12(7-10)14(19-15(22)23-13)18-8-11(21)9-20-5-3-17-4-6-20;/h1-2,7,11,17,21H,3-6,8-9H2,(H,18,19,22);1H. The number of aliphatic hydroxyl groups excluding tert-OH is 1. The van der Waals surface area contributed by atoms with E-state index < -0.39 is 17.7 Å². The van der Waals surface area contributed by atoms with Gasteiger partial charge in [-0.3, -0.25) is 4.90 Å². The van der Waals surface area contributed by atoms with E-state index in [0.717, 1.165) is 26.2 Å². The van der Waals surface area contributed by atoms with Crippen LogP contribution in [0.4, 0.5) is 10.2 Å². The molecule has 1 unspecified atom stereocenters. The topological polar surface area (TPSA) is 90.6 Å². The van der Waals surface area contributed by atoms with Crippen molar-refractivity contribution in [2.45, 2.75) is 6.10 Å². The molecule has 132 valence electrons. The van der Waals surface area contributed by atoms with Crippen LogP contribution in [0.15, 0.2) is 27.4 Å². The maximum absolute atomic E-state index is 13.4. The second kappa shape index (κ2) is 8.39. The lowest BCUT2D eigenvalue weighted by atomic mass is 10.2. The number of rotatable bonds is 5. The van der Waals surface area contributed by atoms with Crippen molar-refractivity contribution >= 4 is 29.2 Å². The summed E-state index contributed by atoms with van der Waals surface area (Å²) in [5, 5.41) is 16.7. The molecule has 1 saturated heterocycles. The molecule has 3 rings (SSSR count). The Morgan fingerprint density at radius 3 is 2.92 bits per heavy atom. The van der Waals surface area contributed by atoms with E-state index in [4.69, 9.17) is 4.42 Å². The molecule has 0 radical (unpaired) electrons. The van der Waals surface area contributed by atoms with Crippen LogP contribution < -0.4 is 16.4 Å². The van der Waals surface area contributed by atoms with Gasteiger partial charge in [-0.15, -0.1) is 12.4 Å². The van der Waals surface area contributed by atoms with Gasteiger partial charge >= 0.3 is 5.76 Å². The Balaban J connectivity index is 0.00000208. The van der Waals surface area contributed by atoms with Gasteiger partial charge in [0.1, 0.15) is 17.2 Å². The maximum atomic E-state index is 13.4. The van der Waals surface area contributed by atoms with E-state index in [1.165, 1.54) is 18.2 Å². The minimum atomic E-state index is -0.761. The minimum absolute atomic E-state index is 0. The fourth-order valence-corrected chi connectivity index (χ4v) is 2.65. The molecule has 0 amide bonds. The van der Waals surface area contributed by atoms with Crippen molar-refractivity contribution in [3.8, 4) is 0 Å². The first-order valence-electron chi connectivity index (χ1n) is 7.57. The summed E-state index contributed by atoms with van der Waals surface area (Å²) in [5.74, 6) is -0.990. The van der Waals surface area contributed by atoms with Crippen LogP contribution >= 0.6 is 12.4 Å². The number of halogens is 2. The van der Waals surface area contributed by atoms with Crippen molar-refractivity contribution < 1.29 is 13.9 Å². The van der Waals surface area contributed by atoms with Gasteiger partial charge in [-0.05, 0) is 18.2 Å². The van der Waals surface area contributed by atoms with Gasteiger partial charge in [0.2, 0.25) is 0 Å². The van der Waals surface area contributed by atoms with Crippen LogP contribution in [0.2, 0.25) is 0 Å². The van der Waals surface area contributed by atoms with E-state index in [-0.39, 0.29) is 30.4 Å². The number of nitrogens with one attached hydrogen (secondary N) is 2. The number of β-amino-alcohol motifs (C(OH)–C–C–N with tert-alkyl or cyclic N) is 1. The summed E-state index contributed by atoms with van der Waals surface area (Å²) in [6, 6.07) is 3.85. The molecular weight excluding hydrogens is 339 g/mol. The summed E-state index contributed by atoms with van der Waals surface area (Å²) >= 11 is 0. The quantitative estimate of drug-likeness (QED) is 0.714. The van der Waals surface area contributed by atoms with Crippen molar-refractivity contribution in [2.75, 3.05) is 44.6 Å². The highest BCUT2D eigenvalue weighted by molar-refractivity contribution is 5.87. The molecule has 1 aliphatic heterocycles. The number of hydrogen-bond acceptors (Lipinski definition) is 7. The smallest absolute Gasteiger partial charge is 0.408 e. The summed E-state index contributed by atoms with van der Waals surface area (Å²) in [6.45, 7) is 4.34. The number of hydrogen-bond donors (Lipinski definition) is 3. The molecule has 0 saturated carbocycles. The number of nitrogens with zero attached hydrogens (tertiary/aromatic N) is 2. The molecule has 1 aromatic heterocycles. The van der Waals surface area contributed by atoms with Crippen LogP contribution in [0, 0.1) is 5.82 Å². The largest absolute Gasteiger partial charge is 0.441 e.